The maximum absolute atomic E-state index is 7.34. The molecule has 1 aliphatic rings. The van der Waals surface area contributed by atoms with Gasteiger partial charge in [0.25, 0.3) is 0 Å². The van der Waals surface area contributed by atoms with Crippen molar-refractivity contribution < 1.29 is 50.2 Å². The molecule has 11 nitrogen and oxygen atoms in total. The van der Waals surface area contributed by atoms with Gasteiger partial charge in [-0.2, -0.15) is 0 Å². The van der Waals surface area contributed by atoms with Gasteiger partial charge < -0.3 is 50.2 Å². The minimum Gasteiger partial charge on any atom is -0.376 e. The molecule has 1 fully saturated rings. The normalized spacial score (nSPS) is 17.4. The summed E-state index contributed by atoms with van der Waals surface area (Å²) in [5, 5.41) is 0. The van der Waals surface area contributed by atoms with Crippen molar-refractivity contribution in [2.24, 2.45) is 5.92 Å². The molecule has 1 saturated carbocycles. The summed E-state index contributed by atoms with van der Waals surface area (Å²) in [6.45, 7) is 2.02. The SMILES string of the molecule is c1ccc(COC[C@H]2[C@@H](OP(OCc3ccccc3)OCc3ccccc3)[C@H](OCc3ccccc3)[C@@H](OP(OCc3ccccc3)OCc3ccccc3)[C@@H]2OP(OCc2ccccc2)OCc2ccccc2)cc1. The summed E-state index contributed by atoms with van der Waals surface area (Å²) in [5.41, 5.74) is 7.70. The highest BCUT2D eigenvalue weighted by Crippen LogP contribution is 2.56. The zero-order valence-electron chi connectivity index (χ0n) is 42.2. The molecule has 0 N–H and O–H groups in total. The van der Waals surface area contributed by atoms with Gasteiger partial charge in [-0.05, 0) is 44.5 Å². The Bertz CT molecular complexity index is 2650. The maximum Gasteiger partial charge on any atom is 0.333 e. The van der Waals surface area contributed by atoms with E-state index in [0.717, 1.165) is 44.5 Å². The molecule has 8 aromatic rings. The molecule has 8 aromatic carbocycles. The van der Waals surface area contributed by atoms with Crippen molar-refractivity contribution in [3.63, 3.8) is 0 Å². The van der Waals surface area contributed by atoms with Crippen LogP contribution in [0, 0.1) is 5.92 Å². The van der Waals surface area contributed by atoms with Crippen LogP contribution in [0.25, 0.3) is 0 Å². The van der Waals surface area contributed by atoms with Gasteiger partial charge in [0.05, 0.1) is 59.5 Å². The van der Waals surface area contributed by atoms with Crippen LogP contribution in [-0.2, 0) is 103 Å². The first kappa shape index (κ1) is 55.4. The zero-order chi connectivity index (χ0) is 51.7. The topological polar surface area (TPSA) is 102 Å². The van der Waals surface area contributed by atoms with Crippen LogP contribution in [0.15, 0.2) is 243 Å². The molecule has 392 valence electrons. The Morgan fingerprint density at radius 3 is 0.737 bits per heavy atom. The van der Waals surface area contributed by atoms with Crippen LogP contribution >= 0.6 is 25.8 Å². The second kappa shape index (κ2) is 31.1. The fourth-order valence-electron chi connectivity index (χ4n) is 8.28. The Balaban J connectivity index is 1.12. The molecule has 0 heterocycles. The molecule has 0 radical (unpaired) electrons. The molecule has 14 heteroatoms. The Labute approximate surface area is 450 Å². The van der Waals surface area contributed by atoms with E-state index in [2.05, 4.69) is 0 Å². The molecule has 0 aliphatic heterocycles. The second-order valence-corrected chi connectivity index (χ2v) is 21.4. The van der Waals surface area contributed by atoms with E-state index in [0.29, 0.717) is 6.61 Å². The second-order valence-electron chi connectivity index (χ2n) is 17.9. The van der Waals surface area contributed by atoms with Crippen LogP contribution in [0.1, 0.15) is 44.5 Å². The van der Waals surface area contributed by atoms with Gasteiger partial charge in [-0.25, -0.2) is 0 Å². The summed E-state index contributed by atoms with van der Waals surface area (Å²) in [6.07, 6.45) is -3.48. The standard InChI is InChI=1S/C62H63O11P3/c1-9-25-50(26-10-1)41-63-49-58-59(71-74(65-43-52-29-13-3-14-30-52)66-44-53-31-15-4-16-32-53)61(64-42-51-27-11-2-12-28-51)62(73-76(69-47-56-37-21-7-22-38-56)70-48-57-39-23-8-24-40-57)60(58)72-75(67-45-54-33-17-5-18-34-54)68-46-55-35-19-6-20-36-55/h1-40,58-62H,41-49H2/t58-,59+,60+,61-,62-/m0/s1. The Morgan fingerprint density at radius 1 is 0.237 bits per heavy atom. The largest absolute Gasteiger partial charge is 0.376 e. The van der Waals surface area contributed by atoms with Crippen molar-refractivity contribution >= 4 is 25.8 Å². The van der Waals surface area contributed by atoms with Gasteiger partial charge in [0.1, 0.15) is 24.4 Å². The van der Waals surface area contributed by atoms with Crippen LogP contribution in [0.4, 0.5) is 0 Å². The Morgan fingerprint density at radius 2 is 0.461 bits per heavy atom. The molecule has 1 aliphatic carbocycles. The van der Waals surface area contributed by atoms with Crippen molar-refractivity contribution in [2.75, 3.05) is 6.61 Å². The predicted octanol–water partition coefficient (Wildman–Crippen LogP) is 15.6. The third-order valence-corrected chi connectivity index (χ3v) is 15.5. The van der Waals surface area contributed by atoms with Crippen molar-refractivity contribution in [2.45, 2.75) is 77.3 Å². The van der Waals surface area contributed by atoms with Gasteiger partial charge in [0, 0.05) is 5.92 Å². The quantitative estimate of drug-likeness (QED) is 0.0388. The average Bonchev–Trinajstić information content (AvgIpc) is 3.75. The van der Waals surface area contributed by atoms with Crippen molar-refractivity contribution in [3.05, 3.63) is 287 Å². The van der Waals surface area contributed by atoms with Gasteiger partial charge in [-0.15, -0.1) is 0 Å². The maximum atomic E-state index is 7.34. The molecule has 0 aromatic heterocycles. The molecule has 0 bridgehead atoms. The molecule has 0 spiro atoms. The fraction of sp³-hybridized carbons (Fsp3) is 0.226. The lowest BCUT2D eigenvalue weighted by Gasteiger charge is -2.31. The van der Waals surface area contributed by atoms with Crippen LogP contribution in [0.2, 0.25) is 0 Å². The zero-order valence-corrected chi connectivity index (χ0v) is 44.9. The first-order chi connectivity index (χ1) is 37.7. The van der Waals surface area contributed by atoms with Gasteiger partial charge in [0.15, 0.2) is 0 Å². The van der Waals surface area contributed by atoms with E-state index in [-0.39, 0.29) is 52.9 Å². The Hall–Kier alpha value is -5.39. The van der Waals surface area contributed by atoms with Gasteiger partial charge in [-0.1, -0.05) is 243 Å². The lowest BCUT2D eigenvalue weighted by molar-refractivity contribution is -0.0842. The molecule has 76 heavy (non-hydrogen) atoms. The smallest absolute Gasteiger partial charge is 0.333 e. The van der Waals surface area contributed by atoms with Gasteiger partial charge in [0.2, 0.25) is 0 Å². The number of benzene rings is 8. The number of hydrogen-bond donors (Lipinski definition) is 0. The van der Waals surface area contributed by atoms with E-state index in [9.17, 15) is 0 Å². The lowest BCUT2D eigenvalue weighted by atomic mass is 10.0. The molecule has 0 unspecified atom stereocenters. The van der Waals surface area contributed by atoms with Gasteiger partial charge in [-0.3, -0.25) is 0 Å². The van der Waals surface area contributed by atoms with E-state index >= 15 is 0 Å². The van der Waals surface area contributed by atoms with E-state index in [4.69, 9.17) is 50.2 Å². The monoisotopic (exact) mass is 1080 g/mol. The summed E-state index contributed by atoms with van der Waals surface area (Å²) in [7, 11) is -6.31. The molecular weight excluding hydrogens is 1010 g/mol. The summed E-state index contributed by atoms with van der Waals surface area (Å²) >= 11 is 0. The van der Waals surface area contributed by atoms with Crippen LogP contribution in [0.5, 0.6) is 0 Å². The summed E-state index contributed by atoms with van der Waals surface area (Å²) in [4.78, 5) is 0. The number of ether oxygens (including phenoxy) is 2. The first-order valence-electron chi connectivity index (χ1n) is 25.4. The molecule has 0 saturated heterocycles. The van der Waals surface area contributed by atoms with E-state index in [1.807, 2.05) is 243 Å². The first-order valence-corrected chi connectivity index (χ1v) is 28.7. The highest BCUT2D eigenvalue weighted by atomic mass is 31.2. The Kier molecular flexibility index (Phi) is 22.7. The number of rotatable bonds is 31. The summed E-state index contributed by atoms with van der Waals surface area (Å²) < 4.78 is 76.0. The third kappa shape index (κ3) is 18.1. The highest BCUT2D eigenvalue weighted by Gasteiger charge is 2.57. The fourth-order valence-corrected chi connectivity index (χ4v) is 11.8. The molecule has 0 amide bonds. The predicted molar refractivity (Wildman–Crippen MR) is 297 cm³/mol. The van der Waals surface area contributed by atoms with E-state index in [1.54, 1.807) is 0 Å². The van der Waals surface area contributed by atoms with Crippen molar-refractivity contribution in [3.8, 4) is 0 Å². The van der Waals surface area contributed by atoms with Gasteiger partial charge >= 0.3 is 25.8 Å². The van der Waals surface area contributed by atoms with Crippen LogP contribution < -0.4 is 0 Å². The highest BCUT2D eigenvalue weighted by molar-refractivity contribution is 7.42. The van der Waals surface area contributed by atoms with Crippen LogP contribution in [-0.4, -0.2) is 31.0 Å². The minimum absolute atomic E-state index is 0.143. The third-order valence-electron chi connectivity index (χ3n) is 12.2. The molecular formula is C62H63O11P3. The van der Waals surface area contributed by atoms with E-state index < -0.39 is 56.1 Å². The van der Waals surface area contributed by atoms with Crippen molar-refractivity contribution in [1.29, 1.82) is 0 Å². The summed E-state index contributed by atoms with van der Waals surface area (Å²) in [6, 6.07) is 79.9. The van der Waals surface area contributed by atoms with Crippen molar-refractivity contribution in [1.82, 2.24) is 0 Å². The minimum atomic E-state index is -2.12. The van der Waals surface area contributed by atoms with E-state index in [1.165, 1.54) is 0 Å². The average molecular weight is 1080 g/mol. The van der Waals surface area contributed by atoms with Crippen LogP contribution in [0.3, 0.4) is 0 Å². The lowest BCUT2D eigenvalue weighted by Crippen LogP contribution is -2.38. The molecule has 9 rings (SSSR count). The molecule has 5 atom stereocenters. The number of hydrogen-bond acceptors (Lipinski definition) is 11. The summed E-state index contributed by atoms with van der Waals surface area (Å²) in [5.74, 6) is -0.606.